The number of carbonyl (C=O) groups is 2. The van der Waals surface area contributed by atoms with Crippen LogP contribution in [-0.2, 0) is 20.9 Å². The fourth-order valence-corrected chi connectivity index (χ4v) is 2.10. The molecule has 0 aliphatic heterocycles. The highest BCUT2D eigenvalue weighted by Gasteiger charge is 2.07. The lowest BCUT2D eigenvalue weighted by Gasteiger charge is -2.15. The van der Waals surface area contributed by atoms with Gasteiger partial charge in [-0.15, -0.1) is 11.3 Å². The first-order chi connectivity index (χ1) is 8.08. The van der Waals surface area contributed by atoms with Crippen molar-refractivity contribution in [3.05, 3.63) is 22.4 Å². The quantitative estimate of drug-likeness (QED) is 0.549. The highest BCUT2D eigenvalue weighted by molar-refractivity contribution is 7.09. The molecule has 0 amide bonds. The minimum absolute atomic E-state index is 0.130. The van der Waals surface area contributed by atoms with Crippen molar-refractivity contribution < 1.29 is 14.3 Å². The summed E-state index contributed by atoms with van der Waals surface area (Å²) in [6.07, 6.45) is -0.130. The van der Waals surface area contributed by atoms with Crippen LogP contribution in [0.25, 0.3) is 0 Å². The standard InChI is InChI=1S/C12H17NO3S/c1-10(14)8-12(15)16-6-5-13(2)9-11-4-3-7-17-11/h3-4,7H,5-6,8-9H2,1-2H3. The van der Waals surface area contributed by atoms with Gasteiger partial charge in [-0.1, -0.05) is 6.07 Å². The normalized spacial score (nSPS) is 10.5. The molecule has 0 aromatic carbocycles. The minimum atomic E-state index is -0.443. The van der Waals surface area contributed by atoms with E-state index in [-0.39, 0.29) is 12.2 Å². The number of nitrogens with zero attached hydrogens (tertiary/aromatic N) is 1. The number of esters is 1. The second-order valence-electron chi connectivity index (χ2n) is 3.92. The molecule has 0 saturated carbocycles. The van der Waals surface area contributed by atoms with Gasteiger partial charge in [-0.2, -0.15) is 0 Å². The van der Waals surface area contributed by atoms with E-state index in [2.05, 4.69) is 11.0 Å². The first kappa shape index (κ1) is 13.9. The molecule has 0 N–H and O–H groups in total. The zero-order valence-electron chi connectivity index (χ0n) is 10.1. The van der Waals surface area contributed by atoms with Crippen LogP contribution >= 0.6 is 11.3 Å². The molecule has 1 aromatic rings. The Bertz CT molecular complexity index is 362. The molecular formula is C12H17NO3S. The van der Waals surface area contributed by atoms with Crippen molar-refractivity contribution in [2.45, 2.75) is 19.9 Å². The zero-order valence-corrected chi connectivity index (χ0v) is 11.0. The Labute approximate surface area is 105 Å². The van der Waals surface area contributed by atoms with Gasteiger partial charge in [-0.25, -0.2) is 0 Å². The molecule has 0 aliphatic carbocycles. The number of ketones is 1. The maximum atomic E-state index is 11.1. The van der Waals surface area contributed by atoms with Crippen molar-refractivity contribution >= 4 is 23.1 Å². The SMILES string of the molecule is CC(=O)CC(=O)OCCN(C)Cc1cccs1. The maximum absolute atomic E-state index is 11.1. The Kier molecular flexibility index (Phi) is 5.86. The van der Waals surface area contributed by atoms with E-state index in [0.717, 1.165) is 6.54 Å². The summed E-state index contributed by atoms with van der Waals surface area (Å²) in [6, 6.07) is 4.09. The molecule has 0 saturated heterocycles. The van der Waals surface area contributed by atoms with Crippen molar-refractivity contribution in [3.63, 3.8) is 0 Å². The van der Waals surface area contributed by atoms with Crippen molar-refractivity contribution in [2.75, 3.05) is 20.2 Å². The van der Waals surface area contributed by atoms with Gasteiger partial charge in [0, 0.05) is 18.0 Å². The van der Waals surface area contributed by atoms with Crippen LogP contribution in [0.2, 0.25) is 0 Å². The first-order valence-electron chi connectivity index (χ1n) is 5.44. The number of ether oxygens (including phenoxy) is 1. The summed E-state index contributed by atoms with van der Waals surface area (Å²) in [6.45, 7) is 3.22. The van der Waals surface area contributed by atoms with Gasteiger partial charge in [0.15, 0.2) is 0 Å². The van der Waals surface area contributed by atoms with Crippen LogP contribution in [0.15, 0.2) is 17.5 Å². The average molecular weight is 255 g/mol. The molecule has 0 unspecified atom stereocenters. The van der Waals surface area contributed by atoms with Crippen LogP contribution in [0, 0.1) is 0 Å². The van der Waals surface area contributed by atoms with E-state index in [1.807, 2.05) is 18.5 Å². The molecule has 5 heteroatoms. The van der Waals surface area contributed by atoms with E-state index in [1.54, 1.807) is 11.3 Å². The number of rotatable bonds is 7. The van der Waals surface area contributed by atoms with Gasteiger partial charge in [-0.05, 0) is 25.4 Å². The largest absolute Gasteiger partial charge is 0.464 e. The predicted octanol–water partition coefficient (Wildman–Crippen LogP) is 1.70. The Morgan fingerprint density at radius 1 is 1.47 bits per heavy atom. The van der Waals surface area contributed by atoms with Crippen LogP contribution in [0.4, 0.5) is 0 Å². The van der Waals surface area contributed by atoms with Gasteiger partial charge in [0.05, 0.1) is 0 Å². The molecule has 0 aliphatic rings. The maximum Gasteiger partial charge on any atom is 0.313 e. The molecule has 0 radical (unpaired) electrons. The van der Waals surface area contributed by atoms with E-state index in [0.29, 0.717) is 13.2 Å². The van der Waals surface area contributed by atoms with Gasteiger partial charge in [0.1, 0.15) is 18.8 Å². The van der Waals surface area contributed by atoms with Gasteiger partial charge in [0.25, 0.3) is 0 Å². The molecule has 94 valence electrons. The third-order valence-corrected chi connectivity index (χ3v) is 3.00. The number of hydrogen-bond donors (Lipinski definition) is 0. The van der Waals surface area contributed by atoms with Gasteiger partial charge >= 0.3 is 5.97 Å². The monoisotopic (exact) mass is 255 g/mol. The average Bonchev–Trinajstić information content (AvgIpc) is 2.69. The molecule has 0 fully saturated rings. The second kappa shape index (κ2) is 7.19. The molecule has 0 atom stereocenters. The third kappa shape index (κ3) is 6.19. The topological polar surface area (TPSA) is 46.6 Å². The van der Waals surface area contributed by atoms with E-state index in [4.69, 9.17) is 4.74 Å². The zero-order chi connectivity index (χ0) is 12.7. The van der Waals surface area contributed by atoms with Gasteiger partial charge < -0.3 is 4.74 Å². The summed E-state index contributed by atoms with van der Waals surface area (Å²) in [4.78, 5) is 25.1. The Balaban J connectivity index is 2.14. The lowest BCUT2D eigenvalue weighted by Crippen LogP contribution is -2.24. The van der Waals surface area contributed by atoms with E-state index >= 15 is 0 Å². The minimum Gasteiger partial charge on any atom is -0.464 e. The van der Waals surface area contributed by atoms with Crippen LogP contribution in [0.5, 0.6) is 0 Å². The van der Waals surface area contributed by atoms with Crippen molar-refractivity contribution in [1.29, 1.82) is 0 Å². The molecular weight excluding hydrogens is 238 g/mol. The van der Waals surface area contributed by atoms with Crippen molar-refractivity contribution in [3.8, 4) is 0 Å². The molecule has 0 bridgehead atoms. The number of Topliss-reactive ketones (excluding diaryl/α,β-unsaturated/α-hetero) is 1. The van der Waals surface area contributed by atoms with E-state index in [9.17, 15) is 9.59 Å². The van der Waals surface area contributed by atoms with Crippen molar-refractivity contribution in [1.82, 2.24) is 4.90 Å². The van der Waals surface area contributed by atoms with Gasteiger partial charge in [-0.3, -0.25) is 14.5 Å². The Hall–Kier alpha value is -1.20. The van der Waals surface area contributed by atoms with Crippen LogP contribution in [-0.4, -0.2) is 36.9 Å². The molecule has 4 nitrogen and oxygen atoms in total. The number of likely N-dealkylation sites (N-methyl/N-ethyl adjacent to an activating group) is 1. The molecule has 1 rings (SSSR count). The summed E-state index contributed by atoms with van der Waals surface area (Å²) < 4.78 is 4.94. The summed E-state index contributed by atoms with van der Waals surface area (Å²) in [5, 5.41) is 2.04. The van der Waals surface area contributed by atoms with Gasteiger partial charge in [0.2, 0.25) is 0 Å². The Morgan fingerprint density at radius 2 is 2.24 bits per heavy atom. The third-order valence-electron chi connectivity index (χ3n) is 2.14. The second-order valence-corrected chi connectivity index (χ2v) is 4.95. The Morgan fingerprint density at radius 3 is 2.82 bits per heavy atom. The highest BCUT2D eigenvalue weighted by Crippen LogP contribution is 2.10. The van der Waals surface area contributed by atoms with Crippen LogP contribution < -0.4 is 0 Å². The van der Waals surface area contributed by atoms with E-state index in [1.165, 1.54) is 11.8 Å². The summed E-state index contributed by atoms with van der Waals surface area (Å²) in [7, 11) is 1.97. The number of carbonyl (C=O) groups excluding carboxylic acids is 2. The first-order valence-corrected chi connectivity index (χ1v) is 6.32. The molecule has 0 spiro atoms. The summed E-state index contributed by atoms with van der Waals surface area (Å²) in [5.74, 6) is -0.607. The number of hydrogen-bond acceptors (Lipinski definition) is 5. The molecule has 1 aromatic heterocycles. The predicted molar refractivity (Wildman–Crippen MR) is 66.9 cm³/mol. The fraction of sp³-hybridized carbons (Fsp3) is 0.500. The van der Waals surface area contributed by atoms with Crippen LogP contribution in [0.3, 0.4) is 0 Å². The van der Waals surface area contributed by atoms with Crippen molar-refractivity contribution in [2.24, 2.45) is 0 Å². The lowest BCUT2D eigenvalue weighted by atomic mass is 10.3. The lowest BCUT2D eigenvalue weighted by molar-refractivity contribution is -0.146. The van der Waals surface area contributed by atoms with Crippen LogP contribution in [0.1, 0.15) is 18.2 Å². The van der Waals surface area contributed by atoms with E-state index < -0.39 is 5.97 Å². The fourth-order valence-electron chi connectivity index (χ4n) is 1.32. The molecule has 17 heavy (non-hydrogen) atoms. The smallest absolute Gasteiger partial charge is 0.313 e. The number of thiophene rings is 1. The highest BCUT2D eigenvalue weighted by atomic mass is 32.1. The summed E-state index contributed by atoms with van der Waals surface area (Å²) >= 11 is 1.71. The summed E-state index contributed by atoms with van der Waals surface area (Å²) in [5.41, 5.74) is 0. The molecule has 1 heterocycles.